The van der Waals surface area contributed by atoms with Gasteiger partial charge in [-0.2, -0.15) is 0 Å². The van der Waals surface area contributed by atoms with Crippen molar-refractivity contribution in [3.05, 3.63) is 34.7 Å². The molecule has 0 aliphatic carbocycles. The van der Waals surface area contributed by atoms with E-state index < -0.39 is 0 Å². The Bertz CT molecular complexity index is 979. The van der Waals surface area contributed by atoms with Gasteiger partial charge in [0.2, 0.25) is 17.7 Å². The summed E-state index contributed by atoms with van der Waals surface area (Å²) in [7, 11) is 0. The number of hydrogen-bond donors (Lipinski definition) is 2. The summed E-state index contributed by atoms with van der Waals surface area (Å²) in [4.78, 5) is 52.3. The molecule has 0 unspecified atom stereocenters. The molecule has 8 nitrogen and oxygen atoms in total. The number of nitrogens with zero attached hydrogens (tertiary/aromatic N) is 2. The largest absolute Gasteiger partial charge is 0.355 e. The normalized spacial score (nSPS) is 13.9. The molecule has 0 atom stereocenters. The first-order valence-corrected chi connectivity index (χ1v) is 11.2. The second kappa shape index (κ2) is 10.4. The molecule has 3 rings (SSSR count). The van der Waals surface area contributed by atoms with Crippen LogP contribution >= 0.6 is 11.3 Å². The van der Waals surface area contributed by atoms with Gasteiger partial charge in [0.15, 0.2) is 0 Å². The Kier molecular flexibility index (Phi) is 7.62. The highest BCUT2D eigenvalue weighted by Crippen LogP contribution is 2.31. The zero-order chi connectivity index (χ0) is 22.4. The van der Waals surface area contributed by atoms with Crippen LogP contribution in [-0.4, -0.2) is 72.7 Å². The summed E-state index contributed by atoms with van der Waals surface area (Å²) in [5, 5.41) is 6.38. The highest BCUT2D eigenvalue weighted by molar-refractivity contribution is 7.21. The van der Waals surface area contributed by atoms with E-state index in [-0.39, 0.29) is 36.5 Å². The third-order valence-corrected chi connectivity index (χ3v) is 6.61. The van der Waals surface area contributed by atoms with Crippen LogP contribution in [-0.2, 0) is 14.4 Å². The van der Waals surface area contributed by atoms with Crippen molar-refractivity contribution in [1.82, 2.24) is 20.4 Å². The molecule has 0 spiro atoms. The standard InChI is InChI=1S/C22H28N4O4S/c1-15-17-5-3-4-6-18(17)31-21(15)22(30)26-13-11-25(12-14-26)20(29)8-7-19(28)24-10-9-23-16(2)27/h3-6H,7-14H2,1-2H3,(H,23,27)(H,24,28). The highest BCUT2D eigenvalue weighted by Gasteiger charge is 2.27. The number of benzene rings is 1. The maximum absolute atomic E-state index is 13.0. The minimum Gasteiger partial charge on any atom is -0.355 e. The first-order valence-electron chi connectivity index (χ1n) is 10.4. The van der Waals surface area contributed by atoms with Gasteiger partial charge in [-0.05, 0) is 23.9 Å². The molecule has 2 N–H and O–H groups in total. The van der Waals surface area contributed by atoms with Gasteiger partial charge in [0.05, 0.1) is 4.88 Å². The van der Waals surface area contributed by atoms with Crippen molar-refractivity contribution in [3.63, 3.8) is 0 Å². The summed E-state index contributed by atoms with van der Waals surface area (Å²) in [5.74, 6) is -0.427. The van der Waals surface area contributed by atoms with E-state index in [2.05, 4.69) is 10.6 Å². The van der Waals surface area contributed by atoms with Crippen molar-refractivity contribution in [3.8, 4) is 0 Å². The number of nitrogens with one attached hydrogen (secondary N) is 2. The van der Waals surface area contributed by atoms with Crippen LogP contribution in [0.1, 0.15) is 35.0 Å². The van der Waals surface area contributed by atoms with Gasteiger partial charge >= 0.3 is 0 Å². The van der Waals surface area contributed by atoms with Crippen molar-refractivity contribution < 1.29 is 19.2 Å². The van der Waals surface area contributed by atoms with Crippen molar-refractivity contribution >= 4 is 45.1 Å². The smallest absolute Gasteiger partial charge is 0.264 e. The van der Waals surface area contributed by atoms with Gasteiger partial charge in [-0.15, -0.1) is 11.3 Å². The fourth-order valence-electron chi connectivity index (χ4n) is 3.59. The number of carbonyl (C=O) groups excluding carboxylic acids is 4. The maximum Gasteiger partial charge on any atom is 0.264 e. The number of carbonyl (C=O) groups is 4. The average Bonchev–Trinajstić information content (AvgIpc) is 3.11. The number of rotatable bonds is 7. The number of aryl methyl sites for hydroxylation is 1. The van der Waals surface area contributed by atoms with Crippen LogP contribution < -0.4 is 10.6 Å². The van der Waals surface area contributed by atoms with Crippen LogP contribution in [0.2, 0.25) is 0 Å². The SMILES string of the molecule is CC(=O)NCCNC(=O)CCC(=O)N1CCN(C(=O)c2sc3ccccc3c2C)CC1. The van der Waals surface area contributed by atoms with Gasteiger partial charge in [-0.3, -0.25) is 19.2 Å². The Morgan fingerprint density at radius 1 is 0.935 bits per heavy atom. The lowest BCUT2D eigenvalue weighted by molar-refractivity contribution is -0.134. The van der Waals surface area contributed by atoms with E-state index in [9.17, 15) is 19.2 Å². The summed E-state index contributed by atoms with van der Waals surface area (Å²) in [6.45, 7) is 6.01. The van der Waals surface area contributed by atoms with Crippen molar-refractivity contribution in [2.75, 3.05) is 39.3 Å². The van der Waals surface area contributed by atoms with E-state index in [1.807, 2.05) is 31.2 Å². The molecule has 31 heavy (non-hydrogen) atoms. The summed E-state index contributed by atoms with van der Waals surface area (Å²) in [5.41, 5.74) is 1.01. The third kappa shape index (κ3) is 5.81. The van der Waals surface area contributed by atoms with Gasteiger partial charge in [0.25, 0.3) is 5.91 Å². The van der Waals surface area contributed by atoms with E-state index in [1.54, 1.807) is 9.80 Å². The predicted molar refractivity (Wildman–Crippen MR) is 120 cm³/mol. The zero-order valence-corrected chi connectivity index (χ0v) is 18.7. The van der Waals surface area contributed by atoms with Crippen LogP contribution in [0.15, 0.2) is 24.3 Å². The van der Waals surface area contributed by atoms with E-state index in [1.165, 1.54) is 18.3 Å². The topological polar surface area (TPSA) is 98.8 Å². The minimum absolute atomic E-state index is 0.0179. The molecule has 0 bridgehead atoms. The molecule has 4 amide bonds. The molecule has 1 aromatic carbocycles. The van der Waals surface area contributed by atoms with Gasteiger partial charge < -0.3 is 20.4 Å². The van der Waals surface area contributed by atoms with Gasteiger partial charge in [-0.1, -0.05) is 18.2 Å². The van der Waals surface area contributed by atoms with Crippen molar-refractivity contribution in [1.29, 1.82) is 0 Å². The second-order valence-electron chi connectivity index (χ2n) is 7.56. The van der Waals surface area contributed by atoms with Crippen LogP contribution in [0.3, 0.4) is 0 Å². The molecule has 1 saturated heterocycles. The van der Waals surface area contributed by atoms with Gasteiger partial charge in [-0.25, -0.2) is 0 Å². The number of amides is 4. The van der Waals surface area contributed by atoms with Gasteiger partial charge in [0.1, 0.15) is 0 Å². The quantitative estimate of drug-likeness (QED) is 0.633. The Balaban J connectivity index is 1.44. The third-order valence-electron chi connectivity index (χ3n) is 5.34. The van der Waals surface area contributed by atoms with E-state index in [0.717, 1.165) is 20.5 Å². The fourth-order valence-corrected chi connectivity index (χ4v) is 4.77. The zero-order valence-electron chi connectivity index (χ0n) is 17.9. The molecular weight excluding hydrogens is 416 g/mol. The summed E-state index contributed by atoms with van der Waals surface area (Å²) in [6.07, 6.45) is 0.244. The lowest BCUT2D eigenvalue weighted by atomic mass is 10.1. The van der Waals surface area contributed by atoms with Crippen LogP contribution in [0.4, 0.5) is 0 Å². The molecule has 2 heterocycles. The average molecular weight is 445 g/mol. The Morgan fingerprint density at radius 3 is 2.26 bits per heavy atom. The van der Waals surface area contributed by atoms with E-state index in [0.29, 0.717) is 39.3 Å². The molecule has 1 aromatic heterocycles. The second-order valence-corrected chi connectivity index (χ2v) is 8.61. The molecule has 1 aliphatic heterocycles. The monoisotopic (exact) mass is 444 g/mol. The van der Waals surface area contributed by atoms with E-state index in [4.69, 9.17) is 0 Å². The summed E-state index contributed by atoms with van der Waals surface area (Å²) >= 11 is 1.51. The Hall–Kier alpha value is -2.94. The van der Waals surface area contributed by atoms with Crippen LogP contribution in [0.25, 0.3) is 10.1 Å². The molecule has 0 radical (unpaired) electrons. The number of piperazine rings is 1. The highest BCUT2D eigenvalue weighted by atomic mass is 32.1. The van der Waals surface area contributed by atoms with E-state index >= 15 is 0 Å². The van der Waals surface area contributed by atoms with Crippen LogP contribution in [0, 0.1) is 6.92 Å². The Morgan fingerprint density at radius 2 is 1.58 bits per heavy atom. The molecular formula is C22H28N4O4S. The molecule has 1 fully saturated rings. The predicted octanol–water partition coefficient (Wildman–Crippen LogP) is 1.53. The van der Waals surface area contributed by atoms with Crippen LogP contribution in [0.5, 0.6) is 0 Å². The summed E-state index contributed by atoms with van der Waals surface area (Å²) < 4.78 is 1.10. The molecule has 2 aromatic rings. The first kappa shape index (κ1) is 22.7. The van der Waals surface area contributed by atoms with Crippen molar-refractivity contribution in [2.24, 2.45) is 0 Å². The molecule has 166 valence electrons. The summed E-state index contributed by atoms with van der Waals surface area (Å²) in [6, 6.07) is 8.01. The maximum atomic E-state index is 13.0. The number of fused-ring (bicyclic) bond motifs is 1. The molecule has 1 aliphatic rings. The molecule has 9 heteroatoms. The number of thiophene rings is 1. The lowest BCUT2D eigenvalue weighted by Crippen LogP contribution is -2.50. The lowest BCUT2D eigenvalue weighted by Gasteiger charge is -2.34. The Labute approximate surface area is 185 Å². The molecule has 0 saturated carbocycles. The number of hydrogen-bond acceptors (Lipinski definition) is 5. The fraction of sp³-hybridized carbons (Fsp3) is 0.455. The first-order chi connectivity index (χ1) is 14.9. The minimum atomic E-state index is -0.215. The van der Waals surface area contributed by atoms with Gasteiger partial charge in [0, 0.05) is 63.7 Å². The van der Waals surface area contributed by atoms with Crippen molar-refractivity contribution in [2.45, 2.75) is 26.7 Å².